The Kier molecular flexibility index (Phi) is 4.34. The van der Waals surface area contributed by atoms with Crippen LogP contribution in [0.25, 0.3) is 0 Å². The van der Waals surface area contributed by atoms with Crippen molar-refractivity contribution in [3.05, 3.63) is 30.3 Å². The maximum Gasteiger partial charge on any atom is 0.305 e. The Bertz CT molecular complexity index is 707. The third-order valence-corrected chi connectivity index (χ3v) is 4.41. The van der Waals surface area contributed by atoms with Crippen LogP contribution in [0.2, 0.25) is 0 Å². The quantitative estimate of drug-likeness (QED) is 0.818. The van der Waals surface area contributed by atoms with Gasteiger partial charge in [-0.15, -0.1) is 0 Å². The summed E-state index contributed by atoms with van der Waals surface area (Å²) in [5.74, 6) is -1.20. The largest absolute Gasteiger partial charge is 0.463 e. The van der Waals surface area contributed by atoms with Gasteiger partial charge in [0.25, 0.3) is 6.02 Å². The van der Waals surface area contributed by atoms with E-state index in [1.807, 2.05) is 44.2 Å². The van der Waals surface area contributed by atoms with Crippen molar-refractivity contribution in [2.75, 3.05) is 11.9 Å². The van der Waals surface area contributed by atoms with Gasteiger partial charge in [-0.25, -0.2) is 4.99 Å². The molecule has 3 heterocycles. The molecule has 1 aromatic carbocycles. The molecule has 0 radical (unpaired) electrons. The Morgan fingerprint density at radius 3 is 2.65 bits per heavy atom. The van der Waals surface area contributed by atoms with Crippen molar-refractivity contribution < 1.29 is 28.5 Å². The van der Waals surface area contributed by atoms with Crippen LogP contribution < -0.4 is 5.32 Å². The fourth-order valence-corrected chi connectivity index (χ4v) is 3.43. The minimum absolute atomic E-state index is 0.285. The number of hydrogen-bond donors (Lipinski definition) is 1. The Morgan fingerprint density at radius 1 is 1.19 bits per heavy atom. The van der Waals surface area contributed by atoms with Crippen LogP contribution in [-0.4, -0.2) is 55.0 Å². The maximum atomic E-state index is 11.4. The van der Waals surface area contributed by atoms with Crippen LogP contribution in [0.5, 0.6) is 0 Å². The number of amidine groups is 1. The lowest BCUT2D eigenvalue weighted by molar-refractivity contribution is -0.232. The number of fused-ring (bicyclic) bond motifs is 1. The van der Waals surface area contributed by atoms with Crippen LogP contribution in [0, 0.1) is 0 Å². The van der Waals surface area contributed by atoms with Gasteiger partial charge in [0.1, 0.15) is 24.9 Å². The highest BCUT2D eigenvalue weighted by atomic mass is 16.8. The molecular weight excluding hydrogens is 340 g/mol. The van der Waals surface area contributed by atoms with Crippen molar-refractivity contribution in [1.82, 2.24) is 0 Å². The normalized spacial score (nSPS) is 34.7. The molecule has 0 unspecified atom stereocenters. The monoisotopic (exact) mass is 362 g/mol. The first-order valence-corrected chi connectivity index (χ1v) is 8.62. The standard InChI is InChI=1S/C18H22N2O6/c1-10(21)23-16-15-14(25-18(2,3)26-15)13(24-16)12-9-22-17(20-12)19-11-7-5-4-6-8-11/h4-8,12-16H,9H2,1-3H3,(H,19,20)/t12-,13-,14+,15+,16+/m1/s1. The molecule has 26 heavy (non-hydrogen) atoms. The number of anilines is 1. The third-order valence-electron chi connectivity index (χ3n) is 4.41. The number of carbonyl (C=O) groups is 1. The minimum Gasteiger partial charge on any atom is -0.463 e. The molecule has 1 N–H and O–H groups in total. The van der Waals surface area contributed by atoms with Gasteiger partial charge < -0.3 is 29.0 Å². The molecule has 2 saturated heterocycles. The Balaban J connectivity index is 1.49. The first kappa shape index (κ1) is 17.3. The van der Waals surface area contributed by atoms with Gasteiger partial charge in [-0.2, -0.15) is 0 Å². The SMILES string of the molecule is CC(=O)O[C@H]1O[C@H]([C@H]2COC(Nc3ccccc3)=N2)[C@@H]2OC(C)(C)O[C@H]12. The number of nitrogens with zero attached hydrogens (tertiary/aromatic N) is 1. The molecule has 0 saturated carbocycles. The fraction of sp³-hybridized carbons (Fsp3) is 0.556. The number of nitrogens with one attached hydrogen (secondary N) is 1. The van der Waals surface area contributed by atoms with Gasteiger partial charge in [0, 0.05) is 12.6 Å². The van der Waals surface area contributed by atoms with E-state index in [4.69, 9.17) is 23.7 Å². The van der Waals surface area contributed by atoms with Crippen molar-refractivity contribution in [2.24, 2.45) is 4.99 Å². The van der Waals surface area contributed by atoms with Crippen molar-refractivity contribution in [3.63, 3.8) is 0 Å². The third kappa shape index (κ3) is 3.40. The highest BCUT2D eigenvalue weighted by Gasteiger charge is 2.59. The van der Waals surface area contributed by atoms with E-state index in [2.05, 4.69) is 10.3 Å². The smallest absolute Gasteiger partial charge is 0.305 e. The highest BCUT2D eigenvalue weighted by molar-refractivity contribution is 5.90. The van der Waals surface area contributed by atoms with Crippen LogP contribution in [0.3, 0.4) is 0 Å². The summed E-state index contributed by atoms with van der Waals surface area (Å²) in [5, 5.41) is 3.13. The van der Waals surface area contributed by atoms with E-state index >= 15 is 0 Å². The summed E-state index contributed by atoms with van der Waals surface area (Å²) in [4.78, 5) is 15.9. The van der Waals surface area contributed by atoms with Crippen molar-refractivity contribution in [1.29, 1.82) is 0 Å². The van der Waals surface area contributed by atoms with E-state index in [1.54, 1.807) is 0 Å². The zero-order valence-electron chi connectivity index (χ0n) is 14.9. The van der Waals surface area contributed by atoms with Gasteiger partial charge in [0.2, 0.25) is 6.29 Å². The van der Waals surface area contributed by atoms with Gasteiger partial charge in [-0.3, -0.25) is 4.79 Å². The molecule has 140 valence electrons. The van der Waals surface area contributed by atoms with E-state index in [-0.39, 0.29) is 12.1 Å². The average molecular weight is 362 g/mol. The first-order chi connectivity index (χ1) is 12.4. The lowest BCUT2D eigenvalue weighted by atomic mass is 10.1. The Labute approximate surface area is 151 Å². The van der Waals surface area contributed by atoms with Gasteiger partial charge >= 0.3 is 5.97 Å². The molecule has 8 heteroatoms. The molecule has 0 aromatic heterocycles. The number of rotatable bonds is 3. The number of para-hydroxylation sites is 1. The van der Waals surface area contributed by atoms with Crippen molar-refractivity contribution in [3.8, 4) is 0 Å². The molecule has 4 rings (SSSR count). The molecular formula is C18H22N2O6. The zero-order chi connectivity index (χ0) is 18.3. The summed E-state index contributed by atoms with van der Waals surface area (Å²) in [6.07, 6.45) is -2.12. The van der Waals surface area contributed by atoms with Gasteiger partial charge in [-0.05, 0) is 26.0 Å². The number of aliphatic imine (C=N–C) groups is 1. The Morgan fingerprint density at radius 2 is 1.92 bits per heavy atom. The van der Waals surface area contributed by atoms with Crippen LogP contribution >= 0.6 is 0 Å². The van der Waals surface area contributed by atoms with Gasteiger partial charge in [0.05, 0.1) is 0 Å². The van der Waals surface area contributed by atoms with E-state index in [9.17, 15) is 4.79 Å². The van der Waals surface area contributed by atoms with Crippen LogP contribution in [0.15, 0.2) is 35.3 Å². The zero-order valence-corrected chi connectivity index (χ0v) is 14.9. The summed E-state index contributed by atoms with van der Waals surface area (Å²) in [5.41, 5.74) is 0.886. The number of benzene rings is 1. The number of hydrogen-bond acceptors (Lipinski definition) is 8. The second-order valence-electron chi connectivity index (χ2n) is 6.95. The topological polar surface area (TPSA) is 87.6 Å². The second kappa shape index (κ2) is 6.53. The molecule has 1 aromatic rings. The van der Waals surface area contributed by atoms with E-state index in [0.29, 0.717) is 12.6 Å². The van der Waals surface area contributed by atoms with Crippen molar-refractivity contribution >= 4 is 17.7 Å². The van der Waals surface area contributed by atoms with E-state index < -0.39 is 30.3 Å². The van der Waals surface area contributed by atoms with Crippen LogP contribution in [0.1, 0.15) is 20.8 Å². The minimum atomic E-state index is -0.814. The number of carbonyl (C=O) groups excluding carboxylic acids is 1. The molecule has 0 aliphatic carbocycles. The van der Waals surface area contributed by atoms with Crippen molar-refractivity contribution in [2.45, 2.75) is 57.2 Å². The summed E-state index contributed by atoms with van der Waals surface area (Å²) >= 11 is 0. The fourth-order valence-electron chi connectivity index (χ4n) is 3.43. The predicted octanol–water partition coefficient (Wildman–Crippen LogP) is 1.66. The molecule has 0 bridgehead atoms. The van der Waals surface area contributed by atoms with Crippen LogP contribution in [-0.2, 0) is 28.5 Å². The number of ether oxygens (including phenoxy) is 5. The predicted molar refractivity (Wildman–Crippen MR) is 91.5 cm³/mol. The molecule has 8 nitrogen and oxygen atoms in total. The number of esters is 1. The summed E-state index contributed by atoms with van der Waals surface area (Å²) < 4.78 is 28.7. The molecule has 0 spiro atoms. The van der Waals surface area contributed by atoms with Crippen LogP contribution in [0.4, 0.5) is 5.69 Å². The molecule has 3 aliphatic rings. The first-order valence-electron chi connectivity index (χ1n) is 8.62. The van der Waals surface area contributed by atoms with E-state index in [1.165, 1.54) is 6.92 Å². The van der Waals surface area contributed by atoms with Gasteiger partial charge in [-0.1, -0.05) is 18.2 Å². The molecule has 0 amide bonds. The maximum absolute atomic E-state index is 11.4. The summed E-state index contributed by atoms with van der Waals surface area (Å²) in [6.45, 7) is 5.33. The summed E-state index contributed by atoms with van der Waals surface area (Å²) in [7, 11) is 0. The lowest BCUT2D eigenvalue weighted by Gasteiger charge is -2.24. The summed E-state index contributed by atoms with van der Waals surface area (Å²) in [6, 6.07) is 9.78. The molecule has 5 atom stereocenters. The Hall–Kier alpha value is -2.16. The lowest BCUT2D eigenvalue weighted by Crippen LogP contribution is -2.38. The molecule has 3 aliphatic heterocycles. The van der Waals surface area contributed by atoms with E-state index in [0.717, 1.165) is 5.69 Å². The highest BCUT2D eigenvalue weighted by Crippen LogP contribution is 2.41. The molecule has 2 fully saturated rings. The van der Waals surface area contributed by atoms with Gasteiger partial charge in [0.15, 0.2) is 11.9 Å². The second-order valence-corrected chi connectivity index (χ2v) is 6.95. The average Bonchev–Trinajstić information content (AvgIpc) is 3.23.